The van der Waals surface area contributed by atoms with Crippen molar-refractivity contribution >= 4 is 27.9 Å². The van der Waals surface area contributed by atoms with E-state index < -0.39 is 30.2 Å². The molecule has 0 bridgehead atoms. The van der Waals surface area contributed by atoms with Crippen LogP contribution in [-0.4, -0.2) is 28.2 Å². The highest BCUT2D eigenvalue weighted by Crippen LogP contribution is 2.15. The summed E-state index contributed by atoms with van der Waals surface area (Å²) in [5.41, 5.74) is 0.265. The van der Waals surface area contributed by atoms with E-state index in [0.717, 1.165) is 0 Å². The summed E-state index contributed by atoms with van der Waals surface area (Å²) in [6.45, 7) is -0.0600. The normalized spacial score (nSPS) is 12.1. The molecular weight excluding hydrogens is 309 g/mol. The lowest BCUT2D eigenvalue weighted by Crippen LogP contribution is -2.38. The molecule has 0 aliphatic carbocycles. The van der Waals surface area contributed by atoms with Gasteiger partial charge >= 0.3 is 11.9 Å². The lowest BCUT2D eigenvalue weighted by atomic mass is 10.1. The molecule has 1 unspecified atom stereocenters. The molecule has 0 aliphatic heterocycles. The molecule has 0 spiro atoms. The number of nitrogens with one attached hydrogen (secondary N) is 1. The Morgan fingerprint density at radius 2 is 2.06 bits per heavy atom. The summed E-state index contributed by atoms with van der Waals surface area (Å²) in [7, 11) is 0. The number of hydrogen-bond donors (Lipinski definition) is 3. The zero-order valence-corrected chi connectivity index (χ0v) is 10.8. The van der Waals surface area contributed by atoms with Crippen LogP contribution in [0.2, 0.25) is 0 Å². The van der Waals surface area contributed by atoms with Crippen LogP contribution in [0.25, 0.3) is 0 Å². The molecule has 0 aliphatic rings. The molecule has 0 fully saturated rings. The molecule has 18 heavy (non-hydrogen) atoms. The predicted molar refractivity (Wildman–Crippen MR) is 64.6 cm³/mol. The number of carboxylic acids is 2. The third-order valence-corrected chi connectivity index (χ3v) is 2.72. The van der Waals surface area contributed by atoms with Crippen LogP contribution >= 0.6 is 15.9 Å². The summed E-state index contributed by atoms with van der Waals surface area (Å²) in [5.74, 6) is -3.00. The lowest BCUT2D eigenvalue weighted by molar-refractivity contribution is -0.146. The summed E-state index contributed by atoms with van der Waals surface area (Å²) in [6.07, 6.45) is -0.565. The third-order valence-electron chi connectivity index (χ3n) is 2.22. The number of aliphatic carboxylic acids is 2. The fourth-order valence-corrected chi connectivity index (χ4v) is 1.74. The molecule has 0 amide bonds. The van der Waals surface area contributed by atoms with E-state index in [-0.39, 0.29) is 12.1 Å². The summed E-state index contributed by atoms with van der Waals surface area (Å²) < 4.78 is 14.0. The second-order valence-corrected chi connectivity index (χ2v) is 4.52. The SMILES string of the molecule is O=C(O)CC(NCc1cc(Br)ccc1F)C(=O)O. The maximum Gasteiger partial charge on any atom is 0.321 e. The number of rotatable bonds is 6. The summed E-state index contributed by atoms with van der Waals surface area (Å²) in [4.78, 5) is 21.2. The topological polar surface area (TPSA) is 86.6 Å². The molecule has 0 saturated heterocycles. The van der Waals surface area contributed by atoms with E-state index >= 15 is 0 Å². The average molecular weight is 320 g/mol. The van der Waals surface area contributed by atoms with Crippen molar-refractivity contribution in [2.24, 2.45) is 0 Å². The Labute approximate surface area is 111 Å². The van der Waals surface area contributed by atoms with Gasteiger partial charge in [0.05, 0.1) is 6.42 Å². The van der Waals surface area contributed by atoms with Gasteiger partial charge in [0, 0.05) is 16.6 Å². The van der Waals surface area contributed by atoms with Gasteiger partial charge < -0.3 is 10.2 Å². The van der Waals surface area contributed by atoms with Crippen molar-refractivity contribution < 1.29 is 24.2 Å². The Morgan fingerprint density at radius 3 is 2.61 bits per heavy atom. The van der Waals surface area contributed by atoms with Crippen LogP contribution in [0.15, 0.2) is 22.7 Å². The van der Waals surface area contributed by atoms with Crippen LogP contribution < -0.4 is 5.32 Å². The van der Waals surface area contributed by atoms with Crippen LogP contribution in [-0.2, 0) is 16.1 Å². The molecule has 7 heteroatoms. The van der Waals surface area contributed by atoms with Crippen molar-refractivity contribution in [2.75, 3.05) is 0 Å². The van der Waals surface area contributed by atoms with E-state index in [2.05, 4.69) is 21.2 Å². The first kappa shape index (κ1) is 14.6. The maximum atomic E-state index is 13.4. The smallest absolute Gasteiger partial charge is 0.321 e. The van der Waals surface area contributed by atoms with Crippen molar-refractivity contribution in [3.05, 3.63) is 34.1 Å². The quantitative estimate of drug-likeness (QED) is 0.741. The highest BCUT2D eigenvalue weighted by Gasteiger charge is 2.20. The molecule has 1 rings (SSSR count). The van der Waals surface area contributed by atoms with Crippen molar-refractivity contribution in [3.63, 3.8) is 0 Å². The monoisotopic (exact) mass is 319 g/mol. The molecule has 1 atom stereocenters. The molecule has 98 valence electrons. The van der Waals surface area contributed by atoms with Gasteiger partial charge in [-0.25, -0.2) is 4.39 Å². The minimum Gasteiger partial charge on any atom is -0.481 e. The summed E-state index contributed by atoms with van der Waals surface area (Å²) in [5, 5.41) is 19.8. The van der Waals surface area contributed by atoms with Crippen molar-refractivity contribution in [1.82, 2.24) is 5.32 Å². The van der Waals surface area contributed by atoms with E-state index in [1.807, 2.05) is 0 Å². The summed E-state index contributed by atoms with van der Waals surface area (Å²) >= 11 is 3.17. The zero-order valence-electron chi connectivity index (χ0n) is 9.19. The van der Waals surface area contributed by atoms with Crippen LogP contribution in [0.1, 0.15) is 12.0 Å². The number of halogens is 2. The van der Waals surface area contributed by atoms with Crippen molar-refractivity contribution in [1.29, 1.82) is 0 Å². The minimum absolute atomic E-state index is 0.0600. The minimum atomic E-state index is -1.28. The van der Waals surface area contributed by atoms with Gasteiger partial charge in [-0.3, -0.25) is 14.9 Å². The highest BCUT2D eigenvalue weighted by atomic mass is 79.9. The zero-order chi connectivity index (χ0) is 13.7. The first-order chi connectivity index (χ1) is 8.40. The number of hydrogen-bond acceptors (Lipinski definition) is 3. The van der Waals surface area contributed by atoms with Gasteiger partial charge in [0.2, 0.25) is 0 Å². The van der Waals surface area contributed by atoms with Gasteiger partial charge in [-0.2, -0.15) is 0 Å². The van der Waals surface area contributed by atoms with Crippen molar-refractivity contribution in [3.8, 4) is 0 Å². The molecule has 0 saturated carbocycles. The molecule has 1 aromatic carbocycles. The summed E-state index contributed by atoms with van der Waals surface area (Å²) in [6, 6.07) is 3.02. The van der Waals surface area contributed by atoms with Crippen LogP contribution in [0, 0.1) is 5.82 Å². The number of benzene rings is 1. The van der Waals surface area contributed by atoms with Gasteiger partial charge in [-0.05, 0) is 18.2 Å². The highest BCUT2D eigenvalue weighted by molar-refractivity contribution is 9.10. The first-order valence-corrected chi connectivity index (χ1v) is 5.81. The van der Waals surface area contributed by atoms with Crippen molar-refractivity contribution in [2.45, 2.75) is 19.0 Å². The third kappa shape index (κ3) is 4.42. The standard InChI is InChI=1S/C11H11BrFNO4/c12-7-1-2-8(13)6(3-7)5-14-9(11(17)18)4-10(15)16/h1-3,9,14H,4-5H2,(H,15,16)(H,17,18). The Bertz CT molecular complexity index is 466. The fraction of sp³-hybridized carbons (Fsp3) is 0.273. The molecule has 1 aromatic rings. The number of carboxylic acid groups (broad SMARTS) is 2. The lowest BCUT2D eigenvalue weighted by Gasteiger charge is -2.12. The first-order valence-electron chi connectivity index (χ1n) is 5.02. The Kier molecular flexibility index (Phi) is 5.24. The van der Waals surface area contributed by atoms with Crippen LogP contribution in [0.3, 0.4) is 0 Å². The number of carbonyl (C=O) groups is 2. The van der Waals surface area contributed by atoms with Gasteiger partial charge in [0.1, 0.15) is 11.9 Å². The maximum absolute atomic E-state index is 13.4. The molecular formula is C11H11BrFNO4. The average Bonchev–Trinajstić information content (AvgIpc) is 2.27. The van der Waals surface area contributed by atoms with Gasteiger partial charge in [-0.1, -0.05) is 15.9 Å². The fourth-order valence-electron chi connectivity index (χ4n) is 1.33. The second kappa shape index (κ2) is 6.46. The molecule has 3 N–H and O–H groups in total. The van der Waals surface area contributed by atoms with Gasteiger partial charge in [0.15, 0.2) is 0 Å². The Morgan fingerprint density at radius 1 is 1.39 bits per heavy atom. The van der Waals surface area contributed by atoms with Crippen LogP contribution in [0.5, 0.6) is 0 Å². The molecule has 5 nitrogen and oxygen atoms in total. The van der Waals surface area contributed by atoms with E-state index in [4.69, 9.17) is 10.2 Å². The van der Waals surface area contributed by atoms with E-state index in [9.17, 15) is 14.0 Å². The van der Waals surface area contributed by atoms with E-state index in [1.165, 1.54) is 18.2 Å². The predicted octanol–water partition coefficient (Wildman–Crippen LogP) is 1.61. The molecule has 0 radical (unpaired) electrons. The second-order valence-electron chi connectivity index (χ2n) is 3.61. The van der Waals surface area contributed by atoms with E-state index in [1.54, 1.807) is 0 Å². The largest absolute Gasteiger partial charge is 0.481 e. The Hall–Kier alpha value is -1.47. The van der Waals surface area contributed by atoms with E-state index in [0.29, 0.717) is 4.47 Å². The molecule has 0 heterocycles. The molecule has 0 aromatic heterocycles. The Balaban J connectivity index is 2.69. The van der Waals surface area contributed by atoms with Gasteiger partial charge in [0.25, 0.3) is 0 Å². The van der Waals surface area contributed by atoms with Crippen LogP contribution in [0.4, 0.5) is 4.39 Å². The van der Waals surface area contributed by atoms with Gasteiger partial charge in [-0.15, -0.1) is 0 Å².